The quantitative estimate of drug-likeness (QED) is 0.892. The maximum Gasteiger partial charge on any atom is 0.227 e. The van der Waals surface area contributed by atoms with E-state index in [4.69, 9.17) is 0 Å². The lowest BCUT2D eigenvalue weighted by Crippen LogP contribution is -2.49. The fourth-order valence-corrected chi connectivity index (χ4v) is 3.36. The topological polar surface area (TPSA) is 66.5 Å². The molecule has 5 nitrogen and oxygen atoms in total. The number of amides is 1. The summed E-state index contributed by atoms with van der Waals surface area (Å²) in [4.78, 5) is 14.4. The molecule has 22 heavy (non-hydrogen) atoms. The minimum Gasteiger partial charge on any atom is -0.338 e. The molecule has 1 aromatic rings. The molecule has 1 fully saturated rings. The van der Waals surface area contributed by atoms with E-state index < -0.39 is 10.0 Å². The molecule has 0 bridgehead atoms. The van der Waals surface area contributed by atoms with E-state index in [1.807, 2.05) is 36.1 Å². The SMILES string of the molecule is Cc1ccccc1CC(=O)N1CCCCC1CNS(C)(=O)=O. The fraction of sp³-hybridized carbons (Fsp3) is 0.562. The minimum absolute atomic E-state index is 0.0417. The highest BCUT2D eigenvalue weighted by Gasteiger charge is 2.27. The molecule has 0 aromatic heterocycles. The molecule has 1 heterocycles. The lowest BCUT2D eigenvalue weighted by Gasteiger charge is -2.36. The second kappa shape index (κ2) is 7.24. The first-order chi connectivity index (χ1) is 10.4. The average Bonchev–Trinajstić information content (AvgIpc) is 2.47. The van der Waals surface area contributed by atoms with Gasteiger partial charge in [-0.15, -0.1) is 0 Å². The Hall–Kier alpha value is -1.40. The normalized spacial score (nSPS) is 19.2. The van der Waals surface area contributed by atoms with E-state index in [0.717, 1.165) is 36.6 Å². The molecule has 0 radical (unpaired) electrons. The lowest BCUT2D eigenvalue weighted by atomic mass is 9.99. The predicted octanol–water partition coefficient (Wildman–Crippen LogP) is 1.47. The monoisotopic (exact) mass is 324 g/mol. The number of carbonyl (C=O) groups is 1. The highest BCUT2D eigenvalue weighted by atomic mass is 32.2. The molecule has 0 spiro atoms. The molecule has 2 rings (SSSR count). The number of carbonyl (C=O) groups excluding carboxylic acids is 1. The van der Waals surface area contributed by atoms with E-state index in [9.17, 15) is 13.2 Å². The first-order valence-corrected chi connectivity index (χ1v) is 9.54. The van der Waals surface area contributed by atoms with Crippen molar-refractivity contribution in [1.29, 1.82) is 0 Å². The van der Waals surface area contributed by atoms with Crippen molar-refractivity contribution in [1.82, 2.24) is 9.62 Å². The van der Waals surface area contributed by atoms with Crippen molar-refractivity contribution < 1.29 is 13.2 Å². The van der Waals surface area contributed by atoms with Crippen LogP contribution in [0.15, 0.2) is 24.3 Å². The van der Waals surface area contributed by atoms with E-state index in [1.165, 1.54) is 0 Å². The Bertz CT molecular complexity index is 628. The third kappa shape index (κ3) is 4.81. The van der Waals surface area contributed by atoms with Crippen LogP contribution in [-0.2, 0) is 21.2 Å². The lowest BCUT2D eigenvalue weighted by molar-refractivity contribution is -0.133. The van der Waals surface area contributed by atoms with Crippen molar-refractivity contribution in [3.8, 4) is 0 Å². The van der Waals surface area contributed by atoms with Crippen molar-refractivity contribution in [3.63, 3.8) is 0 Å². The van der Waals surface area contributed by atoms with Crippen LogP contribution in [-0.4, -0.2) is 44.6 Å². The zero-order valence-corrected chi connectivity index (χ0v) is 14.0. The van der Waals surface area contributed by atoms with Crippen LogP contribution >= 0.6 is 0 Å². The van der Waals surface area contributed by atoms with Gasteiger partial charge in [0, 0.05) is 19.1 Å². The highest BCUT2D eigenvalue weighted by molar-refractivity contribution is 7.88. The van der Waals surface area contributed by atoms with Gasteiger partial charge in [-0.25, -0.2) is 13.1 Å². The number of piperidine rings is 1. The number of hydrogen-bond donors (Lipinski definition) is 1. The summed E-state index contributed by atoms with van der Waals surface area (Å²) >= 11 is 0. The number of sulfonamides is 1. The Balaban J connectivity index is 2.03. The van der Waals surface area contributed by atoms with Crippen molar-refractivity contribution in [2.45, 2.75) is 38.6 Å². The third-order valence-corrected chi connectivity index (χ3v) is 4.82. The Morgan fingerprint density at radius 2 is 2.05 bits per heavy atom. The van der Waals surface area contributed by atoms with Crippen LogP contribution < -0.4 is 4.72 Å². The maximum absolute atomic E-state index is 12.6. The van der Waals surface area contributed by atoms with Gasteiger partial charge in [0.1, 0.15) is 0 Å². The molecule has 122 valence electrons. The van der Waals surface area contributed by atoms with Crippen molar-refractivity contribution in [2.75, 3.05) is 19.3 Å². The van der Waals surface area contributed by atoms with Crippen LogP contribution in [0, 0.1) is 6.92 Å². The molecule has 0 saturated carbocycles. The fourth-order valence-electron chi connectivity index (χ4n) is 2.86. The van der Waals surface area contributed by atoms with E-state index in [1.54, 1.807) is 0 Å². The van der Waals surface area contributed by atoms with Gasteiger partial charge in [-0.1, -0.05) is 24.3 Å². The van der Waals surface area contributed by atoms with E-state index in [-0.39, 0.29) is 11.9 Å². The predicted molar refractivity (Wildman–Crippen MR) is 87.1 cm³/mol. The number of rotatable bonds is 5. The van der Waals surface area contributed by atoms with Gasteiger partial charge >= 0.3 is 0 Å². The smallest absolute Gasteiger partial charge is 0.227 e. The molecular weight excluding hydrogens is 300 g/mol. The second-order valence-electron chi connectivity index (χ2n) is 5.96. The van der Waals surface area contributed by atoms with Crippen LogP contribution in [0.5, 0.6) is 0 Å². The average molecular weight is 324 g/mol. The Labute approximate surface area is 132 Å². The second-order valence-corrected chi connectivity index (χ2v) is 7.79. The van der Waals surface area contributed by atoms with Gasteiger partial charge in [0.05, 0.1) is 12.7 Å². The largest absolute Gasteiger partial charge is 0.338 e. The van der Waals surface area contributed by atoms with Gasteiger partial charge in [-0.3, -0.25) is 4.79 Å². The van der Waals surface area contributed by atoms with Crippen molar-refractivity contribution in [2.24, 2.45) is 0 Å². The van der Waals surface area contributed by atoms with E-state index in [0.29, 0.717) is 19.5 Å². The summed E-state index contributed by atoms with van der Waals surface area (Å²) in [6.07, 6.45) is 4.39. The number of aryl methyl sites for hydroxylation is 1. The summed E-state index contributed by atoms with van der Waals surface area (Å²) in [6.45, 7) is 3.01. The summed E-state index contributed by atoms with van der Waals surface area (Å²) in [6, 6.07) is 7.83. The Morgan fingerprint density at radius 1 is 1.32 bits per heavy atom. The van der Waals surface area contributed by atoms with Gasteiger partial charge in [0.2, 0.25) is 15.9 Å². The zero-order valence-electron chi connectivity index (χ0n) is 13.2. The molecule has 1 unspecified atom stereocenters. The molecule has 1 aliphatic rings. The number of nitrogens with one attached hydrogen (secondary N) is 1. The summed E-state index contributed by atoms with van der Waals surface area (Å²) in [5.74, 6) is 0.0781. The summed E-state index contributed by atoms with van der Waals surface area (Å²) in [7, 11) is -3.23. The van der Waals surface area contributed by atoms with Crippen LogP contribution in [0.4, 0.5) is 0 Å². The molecule has 1 aliphatic heterocycles. The molecule has 1 N–H and O–H groups in total. The van der Waals surface area contributed by atoms with E-state index >= 15 is 0 Å². The summed E-state index contributed by atoms with van der Waals surface area (Å²) in [5, 5.41) is 0. The number of benzene rings is 1. The number of likely N-dealkylation sites (tertiary alicyclic amines) is 1. The maximum atomic E-state index is 12.6. The van der Waals surface area contributed by atoms with Crippen LogP contribution in [0.1, 0.15) is 30.4 Å². The van der Waals surface area contributed by atoms with Gasteiger partial charge in [-0.2, -0.15) is 0 Å². The molecule has 1 saturated heterocycles. The summed E-state index contributed by atoms with van der Waals surface area (Å²) < 4.78 is 25.1. The van der Waals surface area contributed by atoms with Crippen molar-refractivity contribution in [3.05, 3.63) is 35.4 Å². The Kier molecular flexibility index (Phi) is 5.58. The minimum atomic E-state index is -3.23. The van der Waals surface area contributed by atoms with Crippen LogP contribution in [0.2, 0.25) is 0 Å². The standard InChI is InChI=1S/C16H24N2O3S/c1-13-7-3-4-8-14(13)11-16(19)18-10-6-5-9-15(18)12-17-22(2,20)21/h3-4,7-8,15,17H,5-6,9-12H2,1-2H3. The van der Waals surface area contributed by atoms with Gasteiger partial charge in [0.15, 0.2) is 0 Å². The van der Waals surface area contributed by atoms with Crippen LogP contribution in [0.3, 0.4) is 0 Å². The van der Waals surface area contributed by atoms with Crippen LogP contribution in [0.25, 0.3) is 0 Å². The number of nitrogens with zero attached hydrogens (tertiary/aromatic N) is 1. The van der Waals surface area contributed by atoms with Gasteiger partial charge < -0.3 is 4.90 Å². The first-order valence-electron chi connectivity index (χ1n) is 7.65. The third-order valence-electron chi connectivity index (χ3n) is 4.13. The molecule has 1 amide bonds. The van der Waals surface area contributed by atoms with Crippen molar-refractivity contribution >= 4 is 15.9 Å². The molecule has 1 aromatic carbocycles. The Morgan fingerprint density at radius 3 is 2.73 bits per heavy atom. The zero-order chi connectivity index (χ0) is 16.2. The molecule has 6 heteroatoms. The van der Waals surface area contributed by atoms with Gasteiger partial charge in [-0.05, 0) is 37.3 Å². The highest BCUT2D eigenvalue weighted by Crippen LogP contribution is 2.19. The molecule has 0 aliphatic carbocycles. The van der Waals surface area contributed by atoms with Gasteiger partial charge in [0.25, 0.3) is 0 Å². The van der Waals surface area contributed by atoms with E-state index in [2.05, 4.69) is 4.72 Å². The first kappa shape index (κ1) is 17.0. The molecular formula is C16H24N2O3S. The number of hydrogen-bond acceptors (Lipinski definition) is 3. The molecule has 1 atom stereocenters. The summed E-state index contributed by atoms with van der Waals surface area (Å²) in [5.41, 5.74) is 2.14.